The number of ether oxygens (including phenoxy) is 1. The van der Waals surface area contributed by atoms with E-state index in [1.165, 1.54) is 0 Å². The normalized spacial score (nSPS) is 10.3. The van der Waals surface area contributed by atoms with Gasteiger partial charge in [0.1, 0.15) is 12.5 Å². The molecule has 2 N–H and O–H groups in total. The Morgan fingerprint density at radius 2 is 1.57 bits per heavy atom. The van der Waals surface area contributed by atoms with Crippen molar-refractivity contribution in [2.75, 3.05) is 0 Å². The molecule has 0 aromatic heterocycles. The van der Waals surface area contributed by atoms with Crippen LogP contribution in [0, 0.1) is 0 Å². The molecule has 0 bridgehead atoms. The molecule has 0 aromatic carbocycles. The van der Waals surface area contributed by atoms with Crippen LogP contribution < -0.4 is 0 Å². The summed E-state index contributed by atoms with van der Waals surface area (Å²) < 4.78 is 4.25. The van der Waals surface area contributed by atoms with Crippen LogP contribution in [0.4, 0.5) is 4.79 Å². The molecule has 0 atom stereocenters. The zero-order chi connectivity index (χ0) is 5.70. The molecule has 0 aliphatic carbocycles. The van der Waals surface area contributed by atoms with Crippen molar-refractivity contribution in [1.82, 2.24) is 0 Å². The van der Waals surface area contributed by atoms with E-state index in [2.05, 4.69) is 4.74 Å². The van der Waals surface area contributed by atoms with Gasteiger partial charge in [-0.1, -0.05) is 0 Å². The third kappa shape index (κ3) is 1050. The van der Waals surface area contributed by atoms with Crippen molar-refractivity contribution in [3.05, 3.63) is 12.5 Å². The highest BCUT2D eigenvalue weighted by molar-refractivity contribution is 5.53. The smallest absolute Gasteiger partial charge is 0.466 e. The summed E-state index contributed by atoms with van der Waals surface area (Å²) in [4.78, 5) is 8.56. The number of hydrogen-bond acceptors (Lipinski definition) is 2. The number of carboxylic acid groups (broad SMARTS) is 2. The third-order valence-electron chi connectivity index (χ3n) is 0.136. The van der Waals surface area contributed by atoms with Crippen molar-refractivity contribution in [1.29, 1.82) is 0 Å². The highest BCUT2D eigenvalue weighted by atomic mass is 16.6. The van der Waals surface area contributed by atoms with E-state index >= 15 is 0 Å². The van der Waals surface area contributed by atoms with Crippen molar-refractivity contribution >= 4 is 6.16 Å². The first-order valence-electron chi connectivity index (χ1n) is 1.46. The first-order chi connectivity index (χ1) is 3.23. The highest BCUT2D eigenvalue weighted by Gasteiger charge is 1.74. The van der Waals surface area contributed by atoms with Crippen molar-refractivity contribution < 1.29 is 19.7 Å². The molecule has 0 unspecified atom stereocenters. The van der Waals surface area contributed by atoms with Gasteiger partial charge in [0.25, 0.3) is 0 Å². The second kappa shape index (κ2) is 3.02. The van der Waals surface area contributed by atoms with Crippen LogP contribution in [-0.2, 0) is 4.74 Å². The largest absolute Gasteiger partial charge is 0.503 e. The van der Waals surface area contributed by atoms with Crippen LogP contribution >= 0.6 is 0 Å². The minimum absolute atomic E-state index is 1.62. The van der Waals surface area contributed by atoms with Crippen LogP contribution in [-0.4, -0.2) is 16.4 Å². The van der Waals surface area contributed by atoms with Crippen LogP contribution in [0.25, 0.3) is 0 Å². The fourth-order valence-corrected chi connectivity index (χ4v) is 0. The van der Waals surface area contributed by atoms with Crippen molar-refractivity contribution in [3.63, 3.8) is 0 Å². The van der Waals surface area contributed by atoms with Gasteiger partial charge in [-0.25, -0.2) is 4.79 Å². The van der Waals surface area contributed by atoms with E-state index in [0.717, 1.165) is 0 Å². The molecule has 0 fully saturated rings. The van der Waals surface area contributed by atoms with Crippen LogP contribution in [0.15, 0.2) is 12.5 Å². The van der Waals surface area contributed by atoms with Crippen molar-refractivity contribution in [2.24, 2.45) is 0 Å². The van der Waals surface area contributed by atoms with E-state index in [1.54, 1.807) is 12.5 Å². The molecule has 1 heterocycles. The lowest BCUT2D eigenvalue weighted by atomic mass is 11.3. The molecule has 0 spiro atoms. The Morgan fingerprint density at radius 1 is 1.43 bits per heavy atom. The van der Waals surface area contributed by atoms with Crippen molar-refractivity contribution in [3.8, 4) is 0 Å². The molecule has 0 amide bonds. The molecule has 0 radical (unpaired) electrons. The fraction of sp³-hybridized carbons (Fsp3) is 0. The molecule has 40 valence electrons. The zero-order valence-corrected chi connectivity index (χ0v) is 3.37. The quantitative estimate of drug-likeness (QED) is 0.474. The Labute approximate surface area is 39.6 Å². The summed E-state index contributed by atoms with van der Waals surface area (Å²) in [6.07, 6.45) is 1.42. The topological polar surface area (TPSA) is 70.1 Å². The summed E-state index contributed by atoms with van der Waals surface area (Å²) in [6, 6.07) is 0. The van der Waals surface area contributed by atoms with E-state index in [1.807, 2.05) is 0 Å². The second-order valence-corrected chi connectivity index (χ2v) is 0.691. The lowest BCUT2D eigenvalue weighted by Crippen LogP contribution is -1.81. The predicted octanol–water partition coefficient (Wildman–Crippen LogP) is 0.710. The number of hydrogen-bond donors (Lipinski definition) is 2. The summed E-state index contributed by atoms with van der Waals surface area (Å²) in [5.74, 6) is 0. The third-order valence-corrected chi connectivity index (χ3v) is 0.136. The van der Waals surface area contributed by atoms with Crippen molar-refractivity contribution in [2.45, 2.75) is 0 Å². The summed E-state index contributed by atoms with van der Waals surface area (Å²) in [6.45, 7) is 0. The molecule has 7 heavy (non-hydrogen) atoms. The van der Waals surface area contributed by atoms with Gasteiger partial charge in [0.15, 0.2) is 0 Å². The number of rotatable bonds is 0. The summed E-state index contributed by atoms with van der Waals surface area (Å²) in [5.41, 5.74) is 0. The first kappa shape index (κ1) is 5.81. The van der Waals surface area contributed by atoms with Crippen LogP contribution in [0.2, 0.25) is 0 Å². The predicted molar refractivity (Wildman–Crippen MR) is 20.9 cm³/mol. The molecular weight excluding hydrogens is 100 g/mol. The van der Waals surface area contributed by atoms with Gasteiger partial charge >= 0.3 is 6.16 Å². The average Bonchev–Trinajstić information content (AvgIpc) is 2.02. The lowest BCUT2D eigenvalue weighted by molar-refractivity contribution is 0.137. The summed E-state index contributed by atoms with van der Waals surface area (Å²) in [5, 5.41) is 13.9. The lowest BCUT2D eigenvalue weighted by Gasteiger charge is -1.60. The molecule has 1 rings (SSSR count). The van der Waals surface area contributed by atoms with Gasteiger partial charge in [0.2, 0.25) is 0 Å². The molecule has 1 aliphatic rings. The molecule has 4 nitrogen and oxygen atoms in total. The molecule has 0 aromatic rings. The summed E-state index contributed by atoms with van der Waals surface area (Å²) in [7, 11) is 0. The van der Waals surface area contributed by atoms with Gasteiger partial charge in [-0.15, -0.1) is 0 Å². The minimum atomic E-state index is -1.83. The van der Waals surface area contributed by atoms with Crippen LogP contribution in [0.1, 0.15) is 0 Å². The fourth-order valence-electron chi connectivity index (χ4n) is 0. The van der Waals surface area contributed by atoms with Gasteiger partial charge < -0.3 is 14.9 Å². The van der Waals surface area contributed by atoms with Gasteiger partial charge in [-0.3, -0.25) is 0 Å². The highest BCUT2D eigenvalue weighted by Crippen LogP contribution is 1.89. The average molecular weight is 104 g/mol. The van der Waals surface area contributed by atoms with E-state index in [-0.39, 0.29) is 0 Å². The standard InChI is InChI=1S/C2H2O.CH2O3/c1-2-3-1;2-1(3)4/h1-2H;(H2,2,3,4). The van der Waals surface area contributed by atoms with Crippen LogP contribution in [0.5, 0.6) is 0 Å². The van der Waals surface area contributed by atoms with E-state index in [0.29, 0.717) is 0 Å². The minimum Gasteiger partial charge on any atom is -0.466 e. The van der Waals surface area contributed by atoms with Gasteiger partial charge in [0, 0.05) is 0 Å². The molecular formula is C3H4O4. The Bertz CT molecular complexity index is 76.9. The maximum absolute atomic E-state index is 8.56. The number of carbonyl (C=O) groups is 1. The van der Waals surface area contributed by atoms with E-state index in [9.17, 15) is 0 Å². The summed E-state index contributed by atoms with van der Waals surface area (Å²) >= 11 is 0. The van der Waals surface area contributed by atoms with Gasteiger partial charge in [0.05, 0.1) is 0 Å². The van der Waals surface area contributed by atoms with E-state index < -0.39 is 6.16 Å². The maximum atomic E-state index is 8.56. The van der Waals surface area contributed by atoms with Gasteiger partial charge in [-0.2, -0.15) is 0 Å². The maximum Gasteiger partial charge on any atom is 0.503 e. The zero-order valence-electron chi connectivity index (χ0n) is 3.37. The van der Waals surface area contributed by atoms with E-state index in [4.69, 9.17) is 15.0 Å². The Hall–Kier alpha value is -1.19. The molecule has 1 aliphatic heterocycles. The Morgan fingerprint density at radius 3 is 1.57 bits per heavy atom. The SMILES string of the molecule is C1=CO1.O=C(O)O. The molecule has 0 saturated heterocycles. The first-order valence-corrected chi connectivity index (χ1v) is 1.46. The van der Waals surface area contributed by atoms with Crippen LogP contribution in [0.3, 0.4) is 0 Å². The second-order valence-electron chi connectivity index (χ2n) is 0.691. The Kier molecular flexibility index (Phi) is 2.50. The molecule has 4 heteroatoms. The molecule has 0 saturated carbocycles. The monoisotopic (exact) mass is 104 g/mol. The van der Waals surface area contributed by atoms with Gasteiger partial charge in [-0.05, 0) is 0 Å². The Balaban J connectivity index is 0.000000105.